The van der Waals surface area contributed by atoms with Gasteiger partial charge in [-0.3, -0.25) is 4.99 Å². The topological polar surface area (TPSA) is 55.3 Å². The van der Waals surface area contributed by atoms with Gasteiger partial charge in [0.2, 0.25) is 5.75 Å². The highest BCUT2D eigenvalue weighted by atomic mass is 127. The number of guanidine groups is 1. The first-order valence-corrected chi connectivity index (χ1v) is 8.18. The Morgan fingerprint density at radius 2 is 1.76 bits per heavy atom. The number of nitrogens with one attached hydrogen (secondary N) is 1. The Labute approximate surface area is 167 Å². The van der Waals surface area contributed by atoms with Crippen molar-refractivity contribution in [2.24, 2.45) is 10.4 Å². The van der Waals surface area contributed by atoms with E-state index in [1.54, 1.807) is 21.3 Å². The number of aliphatic imine (C=N–C) groups is 1. The zero-order valence-corrected chi connectivity index (χ0v) is 18.3. The summed E-state index contributed by atoms with van der Waals surface area (Å²) in [5.74, 6) is 2.85. The summed E-state index contributed by atoms with van der Waals surface area (Å²) in [5, 5.41) is 3.43. The molecule has 7 heteroatoms. The molecule has 1 heterocycles. The van der Waals surface area contributed by atoms with Gasteiger partial charge in [-0.2, -0.15) is 0 Å². The summed E-state index contributed by atoms with van der Waals surface area (Å²) in [4.78, 5) is 6.72. The lowest BCUT2D eigenvalue weighted by Crippen LogP contribution is -2.40. The third kappa shape index (κ3) is 5.29. The highest BCUT2D eigenvalue weighted by Gasteiger charge is 2.30. The number of halogens is 1. The fourth-order valence-corrected chi connectivity index (χ4v) is 3.04. The summed E-state index contributed by atoms with van der Waals surface area (Å²) in [6.07, 6.45) is 1.18. The number of methoxy groups -OCH3 is 3. The Morgan fingerprint density at radius 1 is 1.16 bits per heavy atom. The van der Waals surface area contributed by atoms with Gasteiger partial charge in [0.15, 0.2) is 17.5 Å². The Balaban J connectivity index is 0.00000312. The number of benzene rings is 1. The van der Waals surface area contributed by atoms with E-state index in [4.69, 9.17) is 14.2 Å². The molecule has 2 rings (SSSR count). The summed E-state index contributed by atoms with van der Waals surface area (Å²) in [6, 6.07) is 3.91. The maximum Gasteiger partial charge on any atom is 0.203 e. The highest BCUT2D eigenvalue weighted by Crippen LogP contribution is 2.38. The summed E-state index contributed by atoms with van der Waals surface area (Å²) >= 11 is 0. The molecule has 0 amide bonds. The molecular formula is C18H30IN3O3. The monoisotopic (exact) mass is 463 g/mol. The molecule has 1 aliphatic heterocycles. The van der Waals surface area contributed by atoms with Crippen LogP contribution in [0.5, 0.6) is 17.2 Å². The zero-order valence-electron chi connectivity index (χ0n) is 16.0. The maximum atomic E-state index is 5.41. The number of hydrogen-bond acceptors (Lipinski definition) is 4. The Kier molecular flexibility index (Phi) is 8.11. The average molecular weight is 463 g/mol. The van der Waals surface area contributed by atoms with Gasteiger partial charge >= 0.3 is 0 Å². The van der Waals surface area contributed by atoms with Crippen LogP contribution in [0.15, 0.2) is 17.1 Å². The van der Waals surface area contributed by atoms with E-state index in [1.807, 2.05) is 19.2 Å². The molecular weight excluding hydrogens is 433 g/mol. The standard InChI is InChI=1S/C18H29N3O3.HI/c1-18(2)7-8-21(12-18)17(19-3)20-11-13-9-14(22-4)16(24-6)15(10-13)23-5;/h9-10H,7-8,11-12H2,1-6H3,(H,19,20);1H. The van der Waals surface area contributed by atoms with Crippen LogP contribution in [-0.4, -0.2) is 52.3 Å². The predicted octanol–water partition coefficient (Wildman–Crippen LogP) is 3.14. The van der Waals surface area contributed by atoms with E-state index in [2.05, 4.69) is 29.1 Å². The van der Waals surface area contributed by atoms with Crippen molar-refractivity contribution in [3.8, 4) is 17.2 Å². The second-order valence-electron chi connectivity index (χ2n) is 6.77. The molecule has 1 aromatic carbocycles. The molecule has 0 bridgehead atoms. The summed E-state index contributed by atoms with van der Waals surface area (Å²) in [5.41, 5.74) is 1.38. The van der Waals surface area contributed by atoms with E-state index >= 15 is 0 Å². The van der Waals surface area contributed by atoms with Gasteiger partial charge in [-0.25, -0.2) is 0 Å². The van der Waals surface area contributed by atoms with Crippen LogP contribution in [0.3, 0.4) is 0 Å². The van der Waals surface area contributed by atoms with E-state index in [0.29, 0.717) is 29.2 Å². The summed E-state index contributed by atoms with van der Waals surface area (Å²) in [7, 11) is 6.68. The lowest BCUT2D eigenvalue weighted by Gasteiger charge is -2.24. The first-order chi connectivity index (χ1) is 11.4. The molecule has 0 radical (unpaired) electrons. The smallest absolute Gasteiger partial charge is 0.203 e. The first kappa shape index (κ1) is 21.7. The molecule has 1 aromatic rings. The zero-order chi connectivity index (χ0) is 17.7. The van der Waals surface area contributed by atoms with E-state index in [1.165, 1.54) is 6.42 Å². The van der Waals surface area contributed by atoms with Crippen LogP contribution in [0, 0.1) is 5.41 Å². The Bertz CT molecular complexity index is 580. The van der Waals surface area contributed by atoms with Crippen molar-refractivity contribution in [1.29, 1.82) is 0 Å². The minimum Gasteiger partial charge on any atom is -0.493 e. The fourth-order valence-electron chi connectivity index (χ4n) is 3.04. The Morgan fingerprint density at radius 3 is 2.16 bits per heavy atom. The van der Waals surface area contributed by atoms with Crippen molar-refractivity contribution >= 4 is 29.9 Å². The summed E-state index contributed by atoms with van der Waals surface area (Å²) in [6.45, 7) is 7.27. The van der Waals surface area contributed by atoms with Crippen LogP contribution < -0.4 is 19.5 Å². The number of hydrogen-bond donors (Lipinski definition) is 1. The molecule has 0 spiro atoms. The van der Waals surface area contributed by atoms with Crippen molar-refractivity contribution < 1.29 is 14.2 Å². The van der Waals surface area contributed by atoms with Crippen LogP contribution in [0.4, 0.5) is 0 Å². The van der Waals surface area contributed by atoms with Crippen LogP contribution in [0.25, 0.3) is 0 Å². The average Bonchev–Trinajstić information content (AvgIpc) is 2.94. The van der Waals surface area contributed by atoms with Crippen molar-refractivity contribution in [1.82, 2.24) is 10.2 Å². The van der Waals surface area contributed by atoms with Gasteiger partial charge in [-0.05, 0) is 29.5 Å². The molecule has 25 heavy (non-hydrogen) atoms. The quantitative estimate of drug-likeness (QED) is 0.413. The minimum atomic E-state index is 0. The highest BCUT2D eigenvalue weighted by molar-refractivity contribution is 14.0. The molecule has 0 unspecified atom stereocenters. The van der Waals surface area contributed by atoms with E-state index in [-0.39, 0.29) is 24.0 Å². The van der Waals surface area contributed by atoms with Gasteiger partial charge in [0.1, 0.15) is 0 Å². The molecule has 0 saturated carbocycles. The number of likely N-dealkylation sites (tertiary alicyclic amines) is 1. The van der Waals surface area contributed by atoms with Crippen LogP contribution in [-0.2, 0) is 6.54 Å². The Hall–Kier alpha value is -1.38. The predicted molar refractivity (Wildman–Crippen MR) is 112 cm³/mol. The lowest BCUT2D eigenvalue weighted by molar-refractivity contribution is 0.323. The molecule has 1 fully saturated rings. The third-order valence-corrected chi connectivity index (χ3v) is 4.36. The number of ether oxygens (including phenoxy) is 3. The molecule has 1 N–H and O–H groups in total. The van der Waals surface area contributed by atoms with Crippen molar-refractivity contribution in [3.63, 3.8) is 0 Å². The second-order valence-corrected chi connectivity index (χ2v) is 6.77. The normalized spacial score (nSPS) is 16.2. The SMILES string of the molecule is CN=C(NCc1cc(OC)c(OC)c(OC)c1)N1CCC(C)(C)C1.I. The molecule has 1 aliphatic rings. The maximum absolute atomic E-state index is 5.41. The van der Waals surface area contributed by atoms with Gasteiger partial charge in [-0.15, -0.1) is 24.0 Å². The van der Waals surface area contributed by atoms with E-state index < -0.39 is 0 Å². The van der Waals surface area contributed by atoms with Gasteiger partial charge in [0.25, 0.3) is 0 Å². The van der Waals surface area contributed by atoms with Crippen LogP contribution in [0.2, 0.25) is 0 Å². The second kappa shape index (κ2) is 9.35. The molecule has 1 saturated heterocycles. The van der Waals surface area contributed by atoms with Gasteiger partial charge < -0.3 is 24.4 Å². The van der Waals surface area contributed by atoms with Crippen LogP contribution in [0.1, 0.15) is 25.8 Å². The number of rotatable bonds is 5. The van der Waals surface area contributed by atoms with Crippen molar-refractivity contribution in [2.75, 3.05) is 41.5 Å². The first-order valence-electron chi connectivity index (χ1n) is 8.18. The van der Waals surface area contributed by atoms with E-state index in [9.17, 15) is 0 Å². The van der Waals surface area contributed by atoms with Crippen LogP contribution >= 0.6 is 24.0 Å². The lowest BCUT2D eigenvalue weighted by atomic mass is 9.93. The molecule has 0 atom stereocenters. The van der Waals surface area contributed by atoms with Gasteiger partial charge in [0.05, 0.1) is 21.3 Å². The summed E-state index contributed by atoms with van der Waals surface area (Å²) < 4.78 is 16.2. The molecule has 0 aromatic heterocycles. The van der Waals surface area contributed by atoms with Gasteiger partial charge in [0, 0.05) is 26.7 Å². The number of nitrogens with zero attached hydrogens (tertiary/aromatic N) is 2. The largest absolute Gasteiger partial charge is 0.493 e. The minimum absolute atomic E-state index is 0. The van der Waals surface area contributed by atoms with Crippen molar-refractivity contribution in [3.05, 3.63) is 17.7 Å². The molecule has 142 valence electrons. The van der Waals surface area contributed by atoms with Gasteiger partial charge in [-0.1, -0.05) is 13.8 Å². The third-order valence-electron chi connectivity index (χ3n) is 4.36. The van der Waals surface area contributed by atoms with Crippen molar-refractivity contribution in [2.45, 2.75) is 26.8 Å². The molecule has 6 nitrogen and oxygen atoms in total. The molecule has 0 aliphatic carbocycles. The fraction of sp³-hybridized carbons (Fsp3) is 0.611. The van der Waals surface area contributed by atoms with E-state index in [0.717, 1.165) is 24.6 Å².